The van der Waals surface area contributed by atoms with Gasteiger partial charge >= 0.3 is 0 Å². The van der Waals surface area contributed by atoms with Crippen molar-refractivity contribution in [1.29, 1.82) is 0 Å². The maximum atomic E-state index is 12.5. The molecule has 3 aromatic rings. The summed E-state index contributed by atoms with van der Waals surface area (Å²) in [6.45, 7) is 2.65. The Morgan fingerprint density at radius 1 is 1.25 bits per heavy atom. The number of hydrazine groups is 1. The van der Waals surface area contributed by atoms with Gasteiger partial charge in [-0.15, -0.1) is 11.3 Å². The normalized spacial score (nSPS) is 13.0. The van der Waals surface area contributed by atoms with E-state index in [4.69, 9.17) is 0 Å². The number of benzene rings is 1. The summed E-state index contributed by atoms with van der Waals surface area (Å²) in [4.78, 5) is 42.2. The molecule has 1 aliphatic heterocycles. The second kappa shape index (κ2) is 7.40. The minimum Gasteiger partial charge on any atom is -0.296 e. The molecule has 0 radical (unpaired) electrons. The van der Waals surface area contributed by atoms with Crippen LogP contribution in [0.15, 0.2) is 40.5 Å². The first-order valence-corrected chi connectivity index (χ1v) is 9.77. The van der Waals surface area contributed by atoms with E-state index in [1.165, 1.54) is 17.4 Å². The molecule has 1 aromatic carbocycles. The molecule has 0 saturated heterocycles. The van der Waals surface area contributed by atoms with Gasteiger partial charge in [-0.25, -0.2) is 4.98 Å². The van der Waals surface area contributed by atoms with Gasteiger partial charge in [0, 0.05) is 29.5 Å². The summed E-state index contributed by atoms with van der Waals surface area (Å²) in [6, 6.07) is 6.70. The number of hydrogen-bond donors (Lipinski definition) is 2. The van der Waals surface area contributed by atoms with E-state index in [1.54, 1.807) is 28.8 Å². The zero-order valence-electron chi connectivity index (χ0n) is 15.2. The number of amides is 2. The number of rotatable bonds is 3. The molecule has 0 spiro atoms. The molecule has 2 aromatic heterocycles. The van der Waals surface area contributed by atoms with Gasteiger partial charge < -0.3 is 0 Å². The molecule has 1 aliphatic rings. The molecule has 0 bridgehead atoms. The lowest BCUT2D eigenvalue weighted by Crippen LogP contribution is -2.40. The van der Waals surface area contributed by atoms with Crippen molar-refractivity contribution in [3.63, 3.8) is 0 Å². The molecule has 142 valence electrons. The highest BCUT2D eigenvalue weighted by atomic mass is 32.1. The predicted molar refractivity (Wildman–Crippen MR) is 108 cm³/mol. The summed E-state index contributed by atoms with van der Waals surface area (Å²) in [6.07, 6.45) is 4.73. The second-order valence-electron chi connectivity index (χ2n) is 6.56. The van der Waals surface area contributed by atoms with Crippen molar-refractivity contribution < 1.29 is 9.59 Å². The van der Waals surface area contributed by atoms with Crippen molar-refractivity contribution in [2.24, 2.45) is 0 Å². The molecular formula is C20H18N4O3S. The summed E-state index contributed by atoms with van der Waals surface area (Å²) >= 11 is 1.54. The molecule has 7 nitrogen and oxygen atoms in total. The number of thiophene rings is 1. The number of carbonyl (C=O) groups excluding carboxylic acids is 2. The van der Waals surface area contributed by atoms with E-state index in [2.05, 4.69) is 15.8 Å². The van der Waals surface area contributed by atoms with Gasteiger partial charge in [0.2, 0.25) is 0 Å². The zero-order valence-corrected chi connectivity index (χ0v) is 16.0. The van der Waals surface area contributed by atoms with Crippen molar-refractivity contribution in [3.05, 3.63) is 67.9 Å². The highest BCUT2D eigenvalue weighted by Crippen LogP contribution is 2.17. The van der Waals surface area contributed by atoms with E-state index in [0.717, 1.165) is 29.1 Å². The molecule has 0 aliphatic carbocycles. The standard InChI is InChI=1S/C20H18N4O3S/c1-12-8-10-28-16(12)6-7-18(25)22-23-19(26)13-4-5-14-15(11-13)21-17-3-2-9-24(17)20(14)27/h4-8,10-11H,2-3,9H2,1H3,(H,22,25)(H,23,26)/b7-6+. The monoisotopic (exact) mass is 394 g/mol. The van der Waals surface area contributed by atoms with Crippen molar-refractivity contribution in [1.82, 2.24) is 20.4 Å². The minimum atomic E-state index is -0.474. The van der Waals surface area contributed by atoms with Crippen LogP contribution in [0.4, 0.5) is 0 Å². The number of fused-ring (bicyclic) bond motifs is 2. The molecular weight excluding hydrogens is 376 g/mol. The number of aromatic nitrogens is 2. The molecule has 8 heteroatoms. The summed E-state index contributed by atoms with van der Waals surface area (Å²) < 4.78 is 1.68. The minimum absolute atomic E-state index is 0.0771. The molecule has 0 atom stereocenters. The lowest BCUT2D eigenvalue weighted by atomic mass is 10.1. The van der Waals surface area contributed by atoms with Gasteiger partial charge in [0.05, 0.1) is 10.9 Å². The molecule has 0 unspecified atom stereocenters. The lowest BCUT2D eigenvalue weighted by Gasteiger charge is -2.08. The first-order valence-electron chi connectivity index (χ1n) is 8.89. The van der Waals surface area contributed by atoms with Crippen LogP contribution >= 0.6 is 11.3 Å². The summed E-state index contributed by atoms with van der Waals surface area (Å²) in [5, 5.41) is 2.43. The maximum absolute atomic E-state index is 12.5. The third-order valence-electron chi connectivity index (χ3n) is 4.67. The molecule has 2 amide bonds. The third-order valence-corrected chi connectivity index (χ3v) is 5.65. The number of nitrogens with one attached hydrogen (secondary N) is 2. The predicted octanol–water partition coefficient (Wildman–Crippen LogP) is 2.19. The maximum Gasteiger partial charge on any atom is 0.269 e. The van der Waals surface area contributed by atoms with Crippen LogP contribution < -0.4 is 16.4 Å². The van der Waals surface area contributed by atoms with Crippen molar-refractivity contribution in [3.8, 4) is 0 Å². The Kier molecular flexibility index (Phi) is 4.79. The topological polar surface area (TPSA) is 93.1 Å². The average molecular weight is 394 g/mol. The van der Waals surface area contributed by atoms with Gasteiger partial charge in [-0.2, -0.15) is 0 Å². The second-order valence-corrected chi connectivity index (χ2v) is 7.51. The summed E-state index contributed by atoms with van der Waals surface area (Å²) in [5.74, 6) is -0.160. The largest absolute Gasteiger partial charge is 0.296 e. The first-order chi connectivity index (χ1) is 13.5. The molecule has 2 N–H and O–H groups in total. The number of nitrogens with zero attached hydrogens (tertiary/aromatic N) is 2. The van der Waals surface area contributed by atoms with Crippen LogP contribution in [0.2, 0.25) is 0 Å². The van der Waals surface area contributed by atoms with E-state index in [9.17, 15) is 14.4 Å². The van der Waals surface area contributed by atoms with E-state index in [1.807, 2.05) is 18.4 Å². The van der Waals surface area contributed by atoms with Gasteiger partial charge in [0.25, 0.3) is 17.4 Å². The lowest BCUT2D eigenvalue weighted by molar-refractivity contribution is -0.117. The summed E-state index contributed by atoms with van der Waals surface area (Å²) in [7, 11) is 0. The fourth-order valence-electron chi connectivity index (χ4n) is 3.16. The zero-order chi connectivity index (χ0) is 19.7. The molecule has 4 rings (SSSR count). The van der Waals surface area contributed by atoms with Gasteiger partial charge in [0.15, 0.2) is 0 Å². The van der Waals surface area contributed by atoms with E-state index >= 15 is 0 Å². The number of hydrogen-bond acceptors (Lipinski definition) is 5. The highest BCUT2D eigenvalue weighted by molar-refractivity contribution is 7.11. The third kappa shape index (κ3) is 3.46. The fourth-order valence-corrected chi connectivity index (χ4v) is 3.98. The number of aryl methyl sites for hydroxylation is 2. The van der Waals surface area contributed by atoms with Crippen LogP contribution in [0.5, 0.6) is 0 Å². The van der Waals surface area contributed by atoms with Crippen molar-refractivity contribution >= 4 is 40.1 Å². The van der Waals surface area contributed by atoms with Gasteiger partial charge in [0.1, 0.15) is 5.82 Å². The molecule has 0 fully saturated rings. The number of carbonyl (C=O) groups is 2. The average Bonchev–Trinajstić information content (AvgIpc) is 3.33. The fraction of sp³-hybridized carbons (Fsp3) is 0.200. The Balaban J connectivity index is 1.46. The highest BCUT2D eigenvalue weighted by Gasteiger charge is 2.17. The van der Waals surface area contributed by atoms with Gasteiger partial charge in [-0.05, 0) is 54.6 Å². The van der Waals surface area contributed by atoms with Gasteiger partial charge in [-0.1, -0.05) is 0 Å². The smallest absolute Gasteiger partial charge is 0.269 e. The van der Waals surface area contributed by atoms with Crippen LogP contribution in [0.3, 0.4) is 0 Å². The van der Waals surface area contributed by atoms with Crippen LogP contribution in [-0.4, -0.2) is 21.4 Å². The van der Waals surface area contributed by atoms with Crippen LogP contribution in [0, 0.1) is 6.92 Å². The van der Waals surface area contributed by atoms with Crippen molar-refractivity contribution in [2.75, 3.05) is 0 Å². The van der Waals surface area contributed by atoms with E-state index in [0.29, 0.717) is 23.0 Å². The Morgan fingerprint density at radius 3 is 2.89 bits per heavy atom. The van der Waals surface area contributed by atoms with E-state index in [-0.39, 0.29) is 5.56 Å². The van der Waals surface area contributed by atoms with Gasteiger partial charge in [-0.3, -0.25) is 29.8 Å². The SMILES string of the molecule is Cc1ccsc1/C=C/C(=O)NNC(=O)c1ccc2c(=O)n3c(nc2c1)CCC3. The quantitative estimate of drug-likeness (QED) is 0.526. The van der Waals surface area contributed by atoms with E-state index < -0.39 is 11.8 Å². The molecule has 28 heavy (non-hydrogen) atoms. The Morgan fingerprint density at radius 2 is 2.11 bits per heavy atom. The first kappa shape index (κ1) is 18.1. The summed E-state index contributed by atoms with van der Waals surface area (Å²) in [5.41, 5.74) is 6.56. The Hall–Kier alpha value is -3.26. The Bertz CT molecular complexity index is 1180. The van der Waals surface area contributed by atoms with Crippen LogP contribution in [0.1, 0.15) is 33.0 Å². The molecule has 3 heterocycles. The van der Waals surface area contributed by atoms with Crippen LogP contribution in [-0.2, 0) is 17.8 Å². The van der Waals surface area contributed by atoms with Crippen molar-refractivity contribution in [2.45, 2.75) is 26.3 Å². The van der Waals surface area contributed by atoms with Crippen LogP contribution in [0.25, 0.3) is 17.0 Å². The molecule has 0 saturated carbocycles. The Labute approximate surface area is 164 Å².